The van der Waals surface area contributed by atoms with Crippen molar-refractivity contribution in [1.29, 1.82) is 0 Å². The lowest BCUT2D eigenvalue weighted by molar-refractivity contribution is 0.194. The highest BCUT2D eigenvalue weighted by molar-refractivity contribution is 9.10. The largest absolute Gasteiger partial charge is 0.316 e. The van der Waals surface area contributed by atoms with Crippen LogP contribution < -0.4 is 5.32 Å². The van der Waals surface area contributed by atoms with Gasteiger partial charge in [-0.2, -0.15) is 0 Å². The molecular weight excluding hydrogens is 288 g/mol. The maximum absolute atomic E-state index is 3.67. The number of rotatable bonds is 2. The van der Waals surface area contributed by atoms with E-state index in [0.717, 1.165) is 12.5 Å². The Kier molecular flexibility index (Phi) is 4.02. The number of hydrogen-bond donors (Lipinski definition) is 1. The average molecular weight is 309 g/mol. The van der Waals surface area contributed by atoms with E-state index < -0.39 is 0 Å². The van der Waals surface area contributed by atoms with E-state index >= 15 is 0 Å². The number of nitrogens with zero attached hydrogens (tertiary/aromatic N) is 1. The molecule has 1 N–H and O–H groups in total. The molecule has 1 fully saturated rings. The summed E-state index contributed by atoms with van der Waals surface area (Å²) in [6.45, 7) is 6.03. The molecule has 0 aliphatic carbocycles. The molecule has 1 atom stereocenters. The monoisotopic (exact) mass is 308 g/mol. The Labute approximate surface area is 118 Å². The summed E-state index contributed by atoms with van der Waals surface area (Å²) >= 11 is 3.67. The Hall–Kier alpha value is -0.380. The molecule has 2 nitrogen and oxygen atoms in total. The lowest BCUT2D eigenvalue weighted by atomic mass is 9.95. The van der Waals surface area contributed by atoms with E-state index in [-0.39, 0.29) is 0 Å². The smallest absolute Gasteiger partial charge is 0.0237 e. The molecule has 3 rings (SSSR count). The highest BCUT2D eigenvalue weighted by Crippen LogP contribution is 2.27. The second-order valence-electron chi connectivity index (χ2n) is 5.58. The summed E-state index contributed by atoms with van der Waals surface area (Å²) in [5, 5.41) is 3.52. The molecule has 2 aliphatic heterocycles. The van der Waals surface area contributed by atoms with Crippen LogP contribution in [0.5, 0.6) is 0 Å². The van der Waals surface area contributed by atoms with Gasteiger partial charge in [0.05, 0.1) is 0 Å². The van der Waals surface area contributed by atoms with Gasteiger partial charge in [-0.25, -0.2) is 0 Å². The van der Waals surface area contributed by atoms with Crippen LogP contribution >= 0.6 is 15.9 Å². The molecule has 1 aromatic carbocycles. The summed E-state index contributed by atoms with van der Waals surface area (Å²) < 4.78 is 1.29. The van der Waals surface area contributed by atoms with Crippen molar-refractivity contribution in [3.63, 3.8) is 0 Å². The fourth-order valence-electron chi connectivity index (χ4n) is 3.22. The number of halogens is 1. The van der Waals surface area contributed by atoms with Gasteiger partial charge >= 0.3 is 0 Å². The van der Waals surface area contributed by atoms with Crippen LogP contribution in [0, 0.1) is 5.92 Å². The molecular formula is C15H21BrN2. The minimum atomic E-state index is 0.854. The first kappa shape index (κ1) is 12.6. The van der Waals surface area contributed by atoms with Gasteiger partial charge in [0.2, 0.25) is 0 Å². The van der Waals surface area contributed by atoms with E-state index in [9.17, 15) is 0 Å². The SMILES string of the molecule is Brc1cccc2c1CCN(CC1CCCNC1)C2. The lowest BCUT2D eigenvalue weighted by Crippen LogP contribution is -2.40. The molecule has 0 bridgehead atoms. The minimum Gasteiger partial charge on any atom is -0.316 e. The summed E-state index contributed by atoms with van der Waals surface area (Å²) in [5.74, 6) is 0.854. The molecule has 2 heterocycles. The number of hydrogen-bond acceptors (Lipinski definition) is 2. The molecule has 1 aromatic rings. The Balaban J connectivity index is 1.64. The quantitative estimate of drug-likeness (QED) is 0.904. The molecule has 98 valence electrons. The van der Waals surface area contributed by atoms with Gasteiger partial charge in [0, 0.05) is 24.1 Å². The zero-order valence-electron chi connectivity index (χ0n) is 10.8. The molecule has 0 saturated carbocycles. The fraction of sp³-hybridized carbons (Fsp3) is 0.600. The van der Waals surface area contributed by atoms with Crippen molar-refractivity contribution in [3.05, 3.63) is 33.8 Å². The van der Waals surface area contributed by atoms with Crippen molar-refractivity contribution < 1.29 is 0 Å². The molecule has 1 saturated heterocycles. The maximum Gasteiger partial charge on any atom is 0.0237 e. The van der Waals surface area contributed by atoms with Gasteiger partial charge in [0.1, 0.15) is 0 Å². The van der Waals surface area contributed by atoms with Gasteiger partial charge < -0.3 is 5.32 Å². The van der Waals surface area contributed by atoms with E-state index in [1.807, 2.05) is 0 Å². The zero-order chi connectivity index (χ0) is 12.4. The fourth-order valence-corrected chi connectivity index (χ4v) is 3.83. The van der Waals surface area contributed by atoms with Crippen LogP contribution in [-0.4, -0.2) is 31.1 Å². The van der Waals surface area contributed by atoms with Crippen LogP contribution in [0.15, 0.2) is 22.7 Å². The Bertz CT molecular complexity index is 413. The van der Waals surface area contributed by atoms with Gasteiger partial charge in [-0.1, -0.05) is 28.1 Å². The van der Waals surface area contributed by atoms with Gasteiger partial charge in [-0.3, -0.25) is 4.90 Å². The van der Waals surface area contributed by atoms with Crippen LogP contribution in [0.25, 0.3) is 0 Å². The average Bonchev–Trinajstić information content (AvgIpc) is 2.40. The van der Waals surface area contributed by atoms with Crippen molar-refractivity contribution in [2.45, 2.75) is 25.8 Å². The Morgan fingerprint density at radius 2 is 2.33 bits per heavy atom. The highest BCUT2D eigenvalue weighted by atomic mass is 79.9. The van der Waals surface area contributed by atoms with Crippen LogP contribution in [0.1, 0.15) is 24.0 Å². The van der Waals surface area contributed by atoms with E-state index in [1.165, 1.54) is 61.0 Å². The Morgan fingerprint density at radius 1 is 1.39 bits per heavy atom. The molecule has 3 heteroatoms. The summed E-state index contributed by atoms with van der Waals surface area (Å²) in [5.41, 5.74) is 3.04. The standard InChI is InChI=1S/C15H21BrN2/c16-15-5-1-4-13-11-18(8-6-14(13)15)10-12-3-2-7-17-9-12/h1,4-5,12,17H,2-3,6-11H2. The van der Waals surface area contributed by atoms with Crippen LogP contribution in [0.2, 0.25) is 0 Å². The topological polar surface area (TPSA) is 15.3 Å². The molecule has 0 amide bonds. The number of nitrogens with one attached hydrogen (secondary N) is 1. The molecule has 0 aromatic heterocycles. The number of fused-ring (bicyclic) bond motifs is 1. The Morgan fingerprint density at radius 3 is 3.17 bits per heavy atom. The first-order valence-electron chi connectivity index (χ1n) is 7.02. The molecule has 18 heavy (non-hydrogen) atoms. The lowest BCUT2D eigenvalue weighted by Gasteiger charge is -2.33. The van der Waals surface area contributed by atoms with Crippen LogP contribution in [0.4, 0.5) is 0 Å². The van der Waals surface area contributed by atoms with Crippen LogP contribution in [0.3, 0.4) is 0 Å². The maximum atomic E-state index is 3.67. The van der Waals surface area contributed by atoms with E-state index in [2.05, 4.69) is 44.3 Å². The summed E-state index contributed by atoms with van der Waals surface area (Å²) in [4.78, 5) is 2.63. The molecule has 2 aliphatic rings. The summed E-state index contributed by atoms with van der Waals surface area (Å²) in [6, 6.07) is 6.61. The van der Waals surface area contributed by atoms with Crippen molar-refractivity contribution in [1.82, 2.24) is 10.2 Å². The number of piperidine rings is 1. The first-order chi connectivity index (χ1) is 8.83. The first-order valence-corrected chi connectivity index (χ1v) is 7.81. The molecule has 0 spiro atoms. The van der Waals surface area contributed by atoms with Gasteiger partial charge in [-0.05, 0) is 55.5 Å². The van der Waals surface area contributed by atoms with Gasteiger partial charge in [0.25, 0.3) is 0 Å². The minimum absolute atomic E-state index is 0.854. The number of benzene rings is 1. The second-order valence-corrected chi connectivity index (χ2v) is 6.43. The van der Waals surface area contributed by atoms with Crippen molar-refractivity contribution in [2.75, 3.05) is 26.2 Å². The highest BCUT2D eigenvalue weighted by Gasteiger charge is 2.21. The molecule has 0 radical (unpaired) electrons. The van der Waals surface area contributed by atoms with E-state index in [4.69, 9.17) is 0 Å². The van der Waals surface area contributed by atoms with E-state index in [0.29, 0.717) is 0 Å². The summed E-state index contributed by atoms with van der Waals surface area (Å²) in [6.07, 6.45) is 3.94. The predicted molar refractivity (Wildman–Crippen MR) is 78.7 cm³/mol. The molecule has 1 unspecified atom stereocenters. The summed E-state index contributed by atoms with van der Waals surface area (Å²) in [7, 11) is 0. The normalized spacial score (nSPS) is 24.8. The zero-order valence-corrected chi connectivity index (χ0v) is 12.4. The third-order valence-electron chi connectivity index (χ3n) is 4.20. The van der Waals surface area contributed by atoms with Crippen molar-refractivity contribution >= 4 is 15.9 Å². The predicted octanol–water partition coefficient (Wildman–Crippen LogP) is 2.81. The van der Waals surface area contributed by atoms with Crippen LogP contribution in [-0.2, 0) is 13.0 Å². The van der Waals surface area contributed by atoms with Crippen molar-refractivity contribution in [3.8, 4) is 0 Å². The third kappa shape index (κ3) is 2.79. The van der Waals surface area contributed by atoms with Gasteiger partial charge in [0.15, 0.2) is 0 Å². The van der Waals surface area contributed by atoms with E-state index in [1.54, 1.807) is 0 Å². The second kappa shape index (κ2) is 5.72. The van der Waals surface area contributed by atoms with Crippen molar-refractivity contribution in [2.24, 2.45) is 5.92 Å². The third-order valence-corrected chi connectivity index (χ3v) is 4.95. The van der Waals surface area contributed by atoms with Gasteiger partial charge in [-0.15, -0.1) is 0 Å².